The maximum Gasteiger partial charge on any atom is 0.251 e. The van der Waals surface area contributed by atoms with E-state index in [0.29, 0.717) is 11.4 Å². The molecule has 0 saturated carbocycles. The Kier molecular flexibility index (Phi) is 5.69. The standard InChI is InChI=1S/C19H28N6O/c1-12-7-8-13(17(26)21-5)9-14(12)22-15-10-16(24-18(20)23-15)25(6)11-19(2,3)4/h7-10H,11H2,1-6H3,(H,21,26)(H3,20,22,23,24). The van der Waals surface area contributed by atoms with Crippen LogP contribution in [0.1, 0.15) is 36.7 Å². The minimum Gasteiger partial charge on any atom is -0.368 e. The second-order valence-electron chi connectivity index (χ2n) is 7.62. The first kappa shape index (κ1) is 19.5. The number of rotatable bonds is 5. The maximum atomic E-state index is 11.9. The average molecular weight is 356 g/mol. The van der Waals surface area contributed by atoms with Crippen LogP contribution in [0.2, 0.25) is 0 Å². The molecule has 0 aliphatic rings. The van der Waals surface area contributed by atoms with Crippen molar-refractivity contribution in [1.82, 2.24) is 15.3 Å². The smallest absolute Gasteiger partial charge is 0.251 e. The van der Waals surface area contributed by atoms with Gasteiger partial charge >= 0.3 is 0 Å². The normalized spacial score (nSPS) is 11.2. The molecule has 0 atom stereocenters. The van der Waals surface area contributed by atoms with Gasteiger partial charge in [-0.1, -0.05) is 26.8 Å². The lowest BCUT2D eigenvalue weighted by atomic mass is 9.96. The number of aryl methyl sites for hydroxylation is 1. The number of nitrogens with zero attached hydrogens (tertiary/aromatic N) is 3. The van der Waals surface area contributed by atoms with Gasteiger partial charge in [0.2, 0.25) is 5.95 Å². The van der Waals surface area contributed by atoms with Gasteiger partial charge in [-0.05, 0) is 30.0 Å². The third-order valence-corrected chi connectivity index (χ3v) is 3.82. The first-order chi connectivity index (χ1) is 12.1. The van der Waals surface area contributed by atoms with Crippen molar-refractivity contribution in [3.63, 3.8) is 0 Å². The van der Waals surface area contributed by atoms with E-state index >= 15 is 0 Å². The summed E-state index contributed by atoms with van der Waals surface area (Å²) in [6.07, 6.45) is 0. The van der Waals surface area contributed by atoms with Crippen LogP contribution in [-0.4, -0.2) is 36.5 Å². The molecule has 0 bridgehead atoms. The number of aromatic nitrogens is 2. The van der Waals surface area contributed by atoms with E-state index in [2.05, 4.69) is 46.3 Å². The summed E-state index contributed by atoms with van der Waals surface area (Å²) in [6, 6.07) is 7.33. The van der Waals surface area contributed by atoms with Crippen LogP contribution in [0.15, 0.2) is 24.3 Å². The molecular formula is C19H28N6O. The topological polar surface area (TPSA) is 96.2 Å². The van der Waals surface area contributed by atoms with Crippen LogP contribution in [0.5, 0.6) is 0 Å². The Morgan fingerprint density at radius 2 is 1.92 bits per heavy atom. The number of amides is 1. The summed E-state index contributed by atoms with van der Waals surface area (Å²) in [5.41, 5.74) is 8.40. The van der Waals surface area contributed by atoms with Gasteiger partial charge in [-0.15, -0.1) is 0 Å². The van der Waals surface area contributed by atoms with Gasteiger partial charge in [-0.25, -0.2) is 0 Å². The Bertz CT molecular complexity index is 797. The van der Waals surface area contributed by atoms with Crippen LogP contribution in [0.25, 0.3) is 0 Å². The van der Waals surface area contributed by atoms with Crippen LogP contribution in [-0.2, 0) is 0 Å². The maximum absolute atomic E-state index is 11.9. The van der Waals surface area contributed by atoms with Crippen molar-refractivity contribution in [2.45, 2.75) is 27.7 Å². The molecule has 0 unspecified atom stereocenters. The fraction of sp³-hybridized carbons (Fsp3) is 0.421. The lowest BCUT2D eigenvalue weighted by Gasteiger charge is -2.27. The largest absolute Gasteiger partial charge is 0.368 e. The fourth-order valence-corrected chi connectivity index (χ4v) is 2.68. The molecule has 140 valence electrons. The summed E-state index contributed by atoms with van der Waals surface area (Å²) >= 11 is 0. The zero-order valence-corrected chi connectivity index (χ0v) is 16.3. The number of carbonyl (C=O) groups excluding carboxylic acids is 1. The van der Waals surface area contributed by atoms with Crippen molar-refractivity contribution in [1.29, 1.82) is 0 Å². The van der Waals surface area contributed by atoms with Crippen LogP contribution in [0.3, 0.4) is 0 Å². The van der Waals surface area contributed by atoms with Crippen molar-refractivity contribution < 1.29 is 4.79 Å². The molecule has 0 radical (unpaired) electrons. The predicted molar refractivity (Wildman–Crippen MR) is 107 cm³/mol. The highest BCUT2D eigenvalue weighted by Crippen LogP contribution is 2.25. The Morgan fingerprint density at radius 1 is 1.23 bits per heavy atom. The molecule has 2 rings (SSSR count). The Morgan fingerprint density at radius 3 is 2.54 bits per heavy atom. The summed E-state index contributed by atoms with van der Waals surface area (Å²) in [5.74, 6) is 1.40. The van der Waals surface area contributed by atoms with E-state index in [1.807, 2.05) is 26.1 Å². The molecule has 7 heteroatoms. The number of hydrogen-bond donors (Lipinski definition) is 3. The van der Waals surface area contributed by atoms with Crippen LogP contribution >= 0.6 is 0 Å². The van der Waals surface area contributed by atoms with E-state index < -0.39 is 0 Å². The van der Waals surface area contributed by atoms with E-state index in [4.69, 9.17) is 5.73 Å². The molecule has 2 aromatic rings. The highest BCUT2D eigenvalue weighted by atomic mass is 16.1. The molecule has 4 N–H and O–H groups in total. The van der Waals surface area contributed by atoms with Gasteiger partial charge in [0.25, 0.3) is 5.91 Å². The second-order valence-corrected chi connectivity index (χ2v) is 7.62. The number of nitrogens with two attached hydrogens (primary N) is 1. The minimum absolute atomic E-state index is 0.125. The van der Waals surface area contributed by atoms with Crippen molar-refractivity contribution >= 4 is 29.2 Å². The third-order valence-electron chi connectivity index (χ3n) is 3.82. The van der Waals surface area contributed by atoms with Gasteiger partial charge in [-0.3, -0.25) is 4.79 Å². The first-order valence-electron chi connectivity index (χ1n) is 8.54. The zero-order valence-electron chi connectivity index (χ0n) is 16.3. The molecule has 1 heterocycles. The van der Waals surface area contributed by atoms with Crippen LogP contribution in [0, 0.1) is 12.3 Å². The molecule has 1 amide bonds. The van der Waals surface area contributed by atoms with Gasteiger partial charge in [0.05, 0.1) is 0 Å². The molecule has 7 nitrogen and oxygen atoms in total. The number of hydrogen-bond acceptors (Lipinski definition) is 6. The fourth-order valence-electron chi connectivity index (χ4n) is 2.68. The van der Waals surface area contributed by atoms with Crippen molar-refractivity contribution in [3.05, 3.63) is 35.4 Å². The third kappa shape index (κ3) is 5.08. The average Bonchev–Trinajstić information content (AvgIpc) is 2.54. The van der Waals surface area contributed by atoms with E-state index in [-0.39, 0.29) is 17.3 Å². The Hall–Kier alpha value is -2.83. The van der Waals surface area contributed by atoms with E-state index in [1.54, 1.807) is 19.2 Å². The lowest BCUT2D eigenvalue weighted by Crippen LogP contribution is -2.30. The highest BCUT2D eigenvalue weighted by Gasteiger charge is 2.16. The van der Waals surface area contributed by atoms with Crippen molar-refractivity contribution in [2.24, 2.45) is 5.41 Å². The Balaban J connectivity index is 2.31. The van der Waals surface area contributed by atoms with Crippen LogP contribution < -0.4 is 21.3 Å². The number of benzene rings is 1. The summed E-state index contributed by atoms with van der Waals surface area (Å²) in [6.45, 7) is 9.30. The van der Waals surface area contributed by atoms with Crippen molar-refractivity contribution in [2.75, 3.05) is 36.6 Å². The lowest BCUT2D eigenvalue weighted by molar-refractivity contribution is 0.0963. The number of nitrogens with one attached hydrogen (secondary N) is 2. The number of carbonyl (C=O) groups is 1. The van der Waals surface area contributed by atoms with E-state index in [0.717, 1.165) is 23.6 Å². The summed E-state index contributed by atoms with van der Waals surface area (Å²) < 4.78 is 0. The highest BCUT2D eigenvalue weighted by molar-refractivity contribution is 5.95. The van der Waals surface area contributed by atoms with Gasteiger partial charge in [0.15, 0.2) is 0 Å². The molecule has 0 fully saturated rings. The van der Waals surface area contributed by atoms with E-state index in [9.17, 15) is 4.79 Å². The second kappa shape index (κ2) is 7.59. The monoisotopic (exact) mass is 356 g/mol. The molecule has 0 aliphatic carbocycles. The molecule has 1 aromatic carbocycles. The predicted octanol–water partition coefficient (Wildman–Crippen LogP) is 2.95. The Labute approximate surface area is 155 Å². The molecule has 0 aliphatic heterocycles. The molecule has 0 saturated heterocycles. The summed E-state index contributed by atoms with van der Waals surface area (Å²) in [7, 11) is 3.59. The molecule has 0 spiro atoms. The van der Waals surface area contributed by atoms with Crippen molar-refractivity contribution in [3.8, 4) is 0 Å². The van der Waals surface area contributed by atoms with E-state index in [1.165, 1.54) is 0 Å². The summed E-state index contributed by atoms with van der Waals surface area (Å²) in [5, 5.41) is 5.88. The SMILES string of the molecule is CNC(=O)c1ccc(C)c(Nc2cc(N(C)CC(C)(C)C)nc(N)n2)c1. The van der Waals surface area contributed by atoms with Gasteiger partial charge in [0.1, 0.15) is 11.6 Å². The van der Waals surface area contributed by atoms with Gasteiger partial charge in [0, 0.05) is 38.0 Å². The number of anilines is 4. The quantitative estimate of drug-likeness (QED) is 0.762. The van der Waals surface area contributed by atoms with Gasteiger partial charge < -0.3 is 21.3 Å². The zero-order chi connectivity index (χ0) is 19.5. The molecular weight excluding hydrogens is 328 g/mol. The molecule has 1 aromatic heterocycles. The summed E-state index contributed by atoms with van der Waals surface area (Å²) in [4.78, 5) is 22.5. The molecule has 26 heavy (non-hydrogen) atoms. The first-order valence-corrected chi connectivity index (χ1v) is 8.54. The number of nitrogen functional groups attached to an aromatic ring is 1. The minimum atomic E-state index is -0.138. The van der Waals surface area contributed by atoms with Crippen LogP contribution in [0.4, 0.5) is 23.3 Å². The van der Waals surface area contributed by atoms with Gasteiger partial charge in [-0.2, -0.15) is 9.97 Å².